The summed E-state index contributed by atoms with van der Waals surface area (Å²) in [6.07, 6.45) is 0.872. The highest BCUT2D eigenvalue weighted by molar-refractivity contribution is 5.44. The van der Waals surface area contributed by atoms with Crippen molar-refractivity contribution >= 4 is 11.5 Å². The van der Waals surface area contributed by atoms with Gasteiger partial charge in [0.1, 0.15) is 12.0 Å². The third-order valence-corrected chi connectivity index (χ3v) is 2.44. The molecule has 0 atom stereocenters. The molecule has 0 bridgehead atoms. The van der Waals surface area contributed by atoms with Crippen LogP contribution >= 0.6 is 0 Å². The zero-order valence-electron chi connectivity index (χ0n) is 8.27. The third-order valence-electron chi connectivity index (χ3n) is 2.44. The van der Waals surface area contributed by atoms with Gasteiger partial charge in [0.05, 0.1) is 11.5 Å². The number of nitrogens with zero attached hydrogens (tertiary/aromatic N) is 3. The van der Waals surface area contributed by atoms with E-state index < -0.39 is 10.8 Å². The van der Waals surface area contributed by atoms with Gasteiger partial charge < -0.3 is 4.90 Å². The predicted octanol–water partition coefficient (Wildman–Crippen LogP) is 1.84. The van der Waals surface area contributed by atoms with E-state index in [9.17, 15) is 18.9 Å². The van der Waals surface area contributed by atoms with Gasteiger partial charge in [-0.25, -0.2) is 13.8 Å². The molecule has 7 heteroatoms. The highest BCUT2D eigenvalue weighted by Gasteiger charge is 2.38. The Morgan fingerprint density at radius 3 is 2.69 bits per heavy atom. The first-order valence-electron chi connectivity index (χ1n) is 4.71. The number of anilines is 1. The van der Waals surface area contributed by atoms with E-state index in [1.54, 1.807) is 0 Å². The third kappa shape index (κ3) is 2.07. The highest BCUT2D eigenvalue weighted by atomic mass is 19.3. The summed E-state index contributed by atoms with van der Waals surface area (Å²) in [5.41, 5.74) is -0.144. The fourth-order valence-electron chi connectivity index (χ4n) is 1.60. The summed E-state index contributed by atoms with van der Waals surface area (Å²) in [5, 5.41) is 10.4. The van der Waals surface area contributed by atoms with Crippen molar-refractivity contribution in [3.8, 4) is 0 Å². The largest absolute Gasteiger partial charge is 0.350 e. The lowest BCUT2D eigenvalue weighted by Crippen LogP contribution is -2.25. The van der Waals surface area contributed by atoms with Crippen molar-refractivity contribution in [3.05, 3.63) is 28.4 Å². The number of pyridine rings is 1. The maximum atomic E-state index is 12.9. The van der Waals surface area contributed by atoms with Crippen LogP contribution in [0.5, 0.6) is 0 Å². The van der Waals surface area contributed by atoms with Gasteiger partial charge >= 0.3 is 0 Å². The van der Waals surface area contributed by atoms with Crippen LogP contribution in [0.3, 0.4) is 0 Å². The minimum absolute atomic E-state index is 0.144. The molecule has 0 saturated carbocycles. The van der Waals surface area contributed by atoms with Crippen LogP contribution in [0.4, 0.5) is 20.3 Å². The summed E-state index contributed by atoms with van der Waals surface area (Å²) in [4.78, 5) is 15.0. The standard InChI is InChI=1S/C9H9F2N3O2/c10-9(11)3-4-13(6-9)8-2-1-7(5-12-8)14(15)16/h1-2,5H,3-4,6H2. The molecule has 1 fully saturated rings. The van der Waals surface area contributed by atoms with Gasteiger partial charge in [-0.1, -0.05) is 0 Å². The first-order chi connectivity index (χ1) is 7.48. The molecule has 16 heavy (non-hydrogen) atoms. The molecular weight excluding hydrogens is 220 g/mol. The summed E-state index contributed by atoms with van der Waals surface area (Å²) in [6, 6.07) is 2.65. The Hall–Kier alpha value is -1.79. The van der Waals surface area contributed by atoms with Gasteiger partial charge in [0.25, 0.3) is 11.6 Å². The van der Waals surface area contributed by atoms with E-state index in [0.29, 0.717) is 5.82 Å². The smallest absolute Gasteiger partial charge is 0.287 e. The number of aromatic nitrogens is 1. The zero-order valence-corrected chi connectivity index (χ0v) is 8.27. The van der Waals surface area contributed by atoms with E-state index in [1.807, 2.05) is 0 Å². The lowest BCUT2D eigenvalue weighted by molar-refractivity contribution is -0.385. The second kappa shape index (κ2) is 3.66. The average Bonchev–Trinajstić information content (AvgIpc) is 2.59. The topological polar surface area (TPSA) is 59.3 Å². The lowest BCUT2D eigenvalue weighted by Gasteiger charge is -2.16. The van der Waals surface area contributed by atoms with Crippen molar-refractivity contribution in [1.29, 1.82) is 0 Å². The predicted molar refractivity (Wildman–Crippen MR) is 52.7 cm³/mol. The quantitative estimate of drug-likeness (QED) is 0.573. The lowest BCUT2D eigenvalue weighted by atomic mass is 10.3. The number of rotatable bonds is 2. The highest BCUT2D eigenvalue weighted by Crippen LogP contribution is 2.30. The van der Waals surface area contributed by atoms with E-state index >= 15 is 0 Å². The van der Waals surface area contributed by atoms with E-state index in [-0.39, 0.29) is 25.2 Å². The Morgan fingerprint density at radius 1 is 1.50 bits per heavy atom. The van der Waals surface area contributed by atoms with Gasteiger partial charge in [0, 0.05) is 19.0 Å². The van der Waals surface area contributed by atoms with Crippen LogP contribution in [0, 0.1) is 10.1 Å². The second-order valence-corrected chi connectivity index (χ2v) is 3.66. The molecule has 86 valence electrons. The monoisotopic (exact) mass is 229 g/mol. The van der Waals surface area contributed by atoms with Gasteiger partial charge in [-0.2, -0.15) is 0 Å². The normalized spacial score (nSPS) is 18.8. The van der Waals surface area contributed by atoms with Gasteiger partial charge in [-0.05, 0) is 6.07 Å². The summed E-state index contributed by atoms with van der Waals surface area (Å²) in [7, 11) is 0. The molecule has 1 saturated heterocycles. The molecule has 0 aliphatic carbocycles. The van der Waals surface area contributed by atoms with Crippen LogP contribution in [0.15, 0.2) is 18.3 Å². The van der Waals surface area contributed by atoms with E-state index in [1.165, 1.54) is 17.0 Å². The van der Waals surface area contributed by atoms with Crippen LogP contribution in [-0.4, -0.2) is 28.9 Å². The molecule has 0 amide bonds. The SMILES string of the molecule is O=[N+]([O-])c1ccc(N2CCC(F)(F)C2)nc1. The molecule has 5 nitrogen and oxygen atoms in total. The molecule has 1 aliphatic heterocycles. The number of hydrogen-bond donors (Lipinski definition) is 0. The van der Waals surface area contributed by atoms with Crippen molar-refractivity contribution < 1.29 is 13.7 Å². The van der Waals surface area contributed by atoms with Gasteiger partial charge in [-0.3, -0.25) is 10.1 Å². The van der Waals surface area contributed by atoms with Crippen LogP contribution < -0.4 is 4.90 Å². The van der Waals surface area contributed by atoms with Gasteiger partial charge in [0.15, 0.2) is 0 Å². The fraction of sp³-hybridized carbons (Fsp3) is 0.444. The van der Waals surface area contributed by atoms with Crippen molar-refractivity contribution in [2.45, 2.75) is 12.3 Å². The van der Waals surface area contributed by atoms with Crippen molar-refractivity contribution in [1.82, 2.24) is 4.98 Å². The van der Waals surface area contributed by atoms with Crippen LogP contribution in [0.2, 0.25) is 0 Å². The number of halogens is 2. The summed E-state index contributed by atoms with van der Waals surface area (Å²) in [6.45, 7) is -0.157. The summed E-state index contributed by atoms with van der Waals surface area (Å²) in [5.74, 6) is -2.34. The Bertz CT molecular complexity index is 408. The fourth-order valence-corrected chi connectivity index (χ4v) is 1.60. The first kappa shape index (κ1) is 10.7. The minimum atomic E-state index is -2.69. The molecule has 2 heterocycles. The van der Waals surface area contributed by atoms with E-state index in [4.69, 9.17) is 0 Å². The Balaban J connectivity index is 2.14. The number of nitro groups is 1. The van der Waals surface area contributed by atoms with Crippen LogP contribution in [0.1, 0.15) is 6.42 Å². The molecule has 0 aromatic carbocycles. The summed E-state index contributed by atoms with van der Waals surface area (Å²) >= 11 is 0. The van der Waals surface area contributed by atoms with Crippen molar-refractivity contribution in [3.63, 3.8) is 0 Å². The van der Waals surface area contributed by atoms with Crippen LogP contribution in [0.25, 0.3) is 0 Å². The molecule has 0 N–H and O–H groups in total. The summed E-state index contributed by atoms with van der Waals surface area (Å²) < 4.78 is 25.8. The maximum absolute atomic E-state index is 12.9. The molecule has 0 radical (unpaired) electrons. The van der Waals surface area contributed by atoms with Gasteiger partial charge in [-0.15, -0.1) is 0 Å². The molecule has 2 rings (SSSR count). The molecular formula is C9H9F2N3O2. The number of hydrogen-bond acceptors (Lipinski definition) is 4. The van der Waals surface area contributed by atoms with Crippen molar-refractivity contribution in [2.24, 2.45) is 0 Å². The van der Waals surface area contributed by atoms with Crippen LogP contribution in [-0.2, 0) is 0 Å². The molecule has 0 spiro atoms. The van der Waals surface area contributed by atoms with E-state index in [0.717, 1.165) is 6.20 Å². The van der Waals surface area contributed by atoms with E-state index in [2.05, 4.69) is 4.98 Å². The minimum Gasteiger partial charge on any atom is -0.350 e. The molecule has 0 unspecified atom stereocenters. The Labute approximate surface area is 89.8 Å². The molecule has 1 aromatic heterocycles. The van der Waals surface area contributed by atoms with Crippen molar-refractivity contribution in [2.75, 3.05) is 18.0 Å². The Kier molecular flexibility index (Phi) is 2.45. The zero-order chi connectivity index (χ0) is 11.8. The Morgan fingerprint density at radius 2 is 2.25 bits per heavy atom. The maximum Gasteiger partial charge on any atom is 0.287 e. The molecule has 1 aromatic rings. The number of alkyl halides is 2. The first-order valence-corrected chi connectivity index (χ1v) is 4.71. The molecule has 1 aliphatic rings. The van der Waals surface area contributed by atoms with Gasteiger partial charge in [0.2, 0.25) is 0 Å². The second-order valence-electron chi connectivity index (χ2n) is 3.66. The average molecular weight is 229 g/mol.